The number of fused-ring (bicyclic) bond motifs is 1. The largest absolute Gasteiger partial charge is 0.486 e. The summed E-state index contributed by atoms with van der Waals surface area (Å²) in [5, 5.41) is 0.413. The Morgan fingerprint density at radius 2 is 1.89 bits per heavy atom. The Kier molecular flexibility index (Phi) is 3.14. The van der Waals surface area contributed by atoms with Crippen molar-refractivity contribution in [1.82, 2.24) is 0 Å². The van der Waals surface area contributed by atoms with Gasteiger partial charge in [-0.2, -0.15) is 0 Å². The van der Waals surface area contributed by atoms with Crippen LogP contribution in [0.25, 0.3) is 0 Å². The van der Waals surface area contributed by atoms with Gasteiger partial charge in [0.2, 0.25) is 0 Å². The molecule has 5 heteroatoms. The molecule has 1 atom stereocenters. The zero-order chi connectivity index (χ0) is 12.5. The zero-order valence-electron chi connectivity index (χ0n) is 9.78. The summed E-state index contributed by atoms with van der Waals surface area (Å²) < 4.78 is 16.1. The van der Waals surface area contributed by atoms with Crippen molar-refractivity contribution >= 4 is 17.4 Å². The minimum absolute atomic E-state index is 0.0227. The number of rotatable bonds is 2. The van der Waals surface area contributed by atoms with Crippen molar-refractivity contribution in [2.24, 2.45) is 5.92 Å². The van der Waals surface area contributed by atoms with E-state index in [4.69, 9.17) is 25.8 Å². The highest BCUT2D eigenvalue weighted by Crippen LogP contribution is 2.36. The second kappa shape index (κ2) is 4.78. The quantitative estimate of drug-likeness (QED) is 0.772. The first-order valence-corrected chi connectivity index (χ1v) is 6.34. The van der Waals surface area contributed by atoms with Crippen LogP contribution in [0, 0.1) is 5.92 Å². The van der Waals surface area contributed by atoms with E-state index in [0.717, 1.165) is 6.42 Å². The third-order valence-electron chi connectivity index (χ3n) is 3.20. The molecule has 18 heavy (non-hydrogen) atoms. The second-order valence-electron chi connectivity index (χ2n) is 4.40. The van der Waals surface area contributed by atoms with Gasteiger partial charge in [0.1, 0.15) is 13.2 Å². The molecule has 0 bridgehead atoms. The minimum Gasteiger partial charge on any atom is -0.486 e. The van der Waals surface area contributed by atoms with Gasteiger partial charge in [-0.05, 0) is 12.5 Å². The highest BCUT2D eigenvalue weighted by atomic mass is 35.5. The molecule has 0 amide bonds. The van der Waals surface area contributed by atoms with Crippen LogP contribution >= 0.6 is 11.6 Å². The topological polar surface area (TPSA) is 44.8 Å². The number of Topliss-reactive ketones (excluding diaryl/α,β-unsaturated/α-hetero) is 1. The van der Waals surface area contributed by atoms with E-state index in [1.165, 1.54) is 0 Å². The lowest BCUT2D eigenvalue weighted by molar-refractivity contribution is 0.0899. The lowest BCUT2D eigenvalue weighted by Crippen LogP contribution is -2.18. The number of hydrogen-bond donors (Lipinski definition) is 0. The molecule has 0 N–H and O–H groups in total. The van der Waals surface area contributed by atoms with Gasteiger partial charge >= 0.3 is 0 Å². The van der Waals surface area contributed by atoms with Gasteiger partial charge in [-0.15, -0.1) is 0 Å². The third kappa shape index (κ3) is 2.06. The van der Waals surface area contributed by atoms with Crippen LogP contribution in [0.15, 0.2) is 12.1 Å². The average molecular weight is 269 g/mol. The molecule has 0 aromatic heterocycles. The molecule has 1 unspecified atom stereocenters. The van der Waals surface area contributed by atoms with Crippen molar-refractivity contribution in [2.45, 2.75) is 6.42 Å². The van der Waals surface area contributed by atoms with E-state index in [1.54, 1.807) is 12.1 Å². The predicted molar refractivity (Wildman–Crippen MR) is 65.7 cm³/mol. The van der Waals surface area contributed by atoms with Crippen LogP contribution in [0.3, 0.4) is 0 Å². The Hall–Kier alpha value is -1.26. The summed E-state index contributed by atoms with van der Waals surface area (Å²) in [6.07, 6.45) is 0.754. The maximum Gasteiger partial charge on any atom is 0.169 e. The maximum atomic E-state index is 12.3. The molecule has 1 aromatic rings. The number of carbonyl (C=O) groups excluding carboxylic acids is 1. The molecule has 0 saturated carbocycles. The lowest BCUT2D eigenvalue weighted by atomic mass is 9.96. The van der Waals surface area contributed by atoms with E-state index < -0.39 is 0 Å². The molecular formula is C13H13ClO4. The number of hydrogen-bond acceptors (Lipinski definition) is 4. The van der Waals surface area contributed by atoms with Crippen molar-refractivity contribution in [3.63, 3.8) is 0 Å². The van der Waals surface area contributed by atoms with Gasteiger partial charge in [-0.25, -0.2) is 0 Å². The van der Waals surface area contributed by atoms with Gasteiger partial charge in [0, 0.05) is 24.2 Å². The average Bonchev–Trinajstić information content (AvgIpc) is 2.91. The summed E-state index contributed by atoms with van der Waals surface area (Å²) in [5.74, 6) is 1.12. The minimum atomic E-state index is -0.0925. The number of benzene rings is 1. The highest BCUT2D eigenvalue weighted by molar-refractivity contribution is 6.34. The molecule has 1 saturated heterocycles. The second-order valence-corrected chi connectivity index (χ2v) is 4.81. The summed E-state index contributed by atoms with van der Waals surface area (Å²) in [4.78, 5) is 12.3. The van der Waals surface area contributed by atoms with Crippen LogP contribution in [0.1, 0.15) is 16.8 Å². The molecule has 0 radical (unpaired) electrons. The summed E-state index contributed by atoms with van der Waals surface area (Å²) in [5.41, 5.74) is 0.497. The van der Waals surface area contributed by atoms with E-state index in [2.05, 4.69) is 0 Å². The van der Waals surface area contributed by atoms with E-state index in [9.17, 15) is 4.79 Å². The third-order valence-corrected chi connectivity index (χ3v) is 3.51. The number of halogens is 1. The number of carbonyl (C=O) groups is 1. The zero-order valence-corrected chi connectivity index (χ0v) is 10.5. The Balaban J connectivity index is 1.93. The first-order chi connectivity index (χ1) is 8.75. The van der Waals surface area contributed by atoms with Gasteiger partial charge in [0.05, 0.1) is 11.6 Å². The lowest BCUT2D eigenvalue weighted by Gasteiger charge is -2.20. The van der Waals surface area contributed by atoms with Crippen LogP contribution < -0.4 is 9.47 Å². The first kappa shape index (κ1) is 11.8. The van der Waals surface area contributed by atoms with Crippen LogP contribution in [0.5, 0.6) is 11.5 Å². The Labute approximate surface area is 110 Å². The standard InChI is InChI=1S/C13H13ClO4/c14-10-6-12-11(17-3-4-18-12)5-9(10)13(15)8-1-2-16-7-8/h5-6,8H,1-4,7H2. The Morgan fingerprint density at radius 3 is 2.56 bits per heavy atom. The molecule has 4 nitrogen and oxygen atoms in total. The van der Waals surface area contributed by atoms with Crippen molar-refractivity contribution in [2.75, 3.05) is 26.4 Å². The molecule has 1 aromatic carbocycles. The predicted octanol–water partition coefficient (Wildman–Crippen LogP) is 2.33. The van der Waals surface area contributed by atoms with Crippen molar-refractivity contribution in [3.05, 3.63) is 22.7 Å². The Morgan fingerprint density at radius 1 is 1.17 bits per heavy atom. The molecule has 0 aliphatic carbocycles. The van der Waals surface area contributed by atoms with Crippen LogP contribution in [0.2, 0.25) is 5.02 Å². The number of ketones is 1. The van der Waals surface area contributed by atoms with E-state index >= 15 is 0 Å². The molecule has 2 aliphatic heterocycles. The van der Waals surface area contributed by atoms with Gasteiger partial charge in [0.15, 0.2) is 17.3 Å². The van der Waals surface area contributed by atoms with Gasteiger partial charge in [-0.3, -0.25) is 4.79 Å². The molecule has 2 heterocycles. The fourth-order valence-electron chi connectivity index (χ4n) is 2.21. The highest BCUT2D eigenvalue weighted by Gasteiger charge is 2.27. The van der Waals surface area contributed by atoms with Crippen LogP contribution in [-0.4, -0.2) is 32.2 Å². The fraction of sp³-hybridized carbons (Fsp3) is 0.462. The molecule has 96 valence electrons. The van der Waals surface area contributed by atoms with Gasteiger partial charge < -0.3 is 14.2 Å². The van der Waals surface area contributed by atoms with E-state index in [0.29, 0.717) is 48.5 Å². The fourth-order valence-corrected chi connectivity index (χ4v) is 2.46. The molecule has 1 fully saturated rings. The van der Waals surface area contributed by atoms with Crippen molar-refractivity contribution < 1.29 is 19.0 Å². The van der Waals surface area contributed by atoms with E-state index in [1.807, 2.05) is 0 Å². The van der Waals surface area contributed by atoms with Crippen molar-refractivity contribution in [3.8, 4) is 11.5 Å². The van der Waals surface area contributed by atoms with E-state index in [-0.39, 0.29) is 11.7 Å². The molecule has 3 rings (SSSR count). The molecular weight excluding hydrogens is 256 g/mol. The monoisotopic (exact) mass is 268 g/mol. The van der Waals surface area contributed by atoms with Gasteiger partial charge in [-0.1, -0.05) is 11.6 Å². The smallest absolute Gasteiger partial charge is 0.169 e. The van der Waals surface area contributed by atoms with Gasteiger partial charge in [0.25, 0.3) is 0 Å². The number of ether oxygens (including phenoxy) is 3. The summed E-state index contributed by atoms with van der Waals surface area (Å²) in [6.45, 7) is 2.12. The summed E-state index contributed by atoms with van der Waals surface area (Å²) in [7, 11) is 0. The molecule has 0 spiro atoms. The maximum absolute atomic E-state index is 12.3. The normalized spacial score (nSPS) is 21.9. The van der Waals surface area contributed by atoms with Crippen LogP contribution in [-0.2, 0) is 4.74 Å². The molecule has 2 aliphatic rings. The van der Waals surface area contributed by atoms with Crippen molar-refractivity contribution in [1.29, 1.82) is 0 Å². The Bertz CT molecular complexity index is 480. The SMILES string of the molecule is O=C(c1cc2c(cc1Cl)OCCO2)C1CCOC1. The summed E-state index contributed by atoms with van der Waals surface area (Å²) in [6, 6.07) is 3.33. The first-order valence-electron chi connectivity index (χ1n) is 5.97. The summed E-state index contributed by atoms with van der Waals surface area (Å²) >= 11 is 6.14. The van der Waals surface area contributed by atoms with Crippen LogP contribution in [0.4, 0.5) is 0 Å².